The molecule has 0 bridgehead atoms. The maximum Gasteiger partial charge on any atom is 0.316 e. The molecule has 1 unspecified atom stereocenters. The van der Waals surface area contributed by atoms with E-state index in [-0.39, 0.29) is 40.1 Å². The average Bonchev–Trinajstić information content (AvgIpc) is 3.22. The summed E-state index contributed by atoms with van der Waals surface area (Å²) in [5, 5.41) is 9.47. The Bertz CT molecular complexity index is 1090. The van der Waals surface area contributed by atoms with Gasteiger partial charge < -0.3 is 18.7 Å². The highest BCUT2D eigenvalue weighted by atomic mass is 32.2. The van der Waals surface area contributed by atoms with Gasteiger partial charge in [0.1, 0.15) is 5.76 Å². The number of hydrogen-bond acceptors (Lipinski definition) is 6. The van der Waals surface area contributed by atoms with Crippen LogP contribution < -0.4 is 0 Å². The highest BCUT2D eigenvalue weighted by Crippen LogP contribution is 2.47. The van der Waals surface area contributed by atoms with E-state index in [0.717, 1.165) is 35.7 Å². The average molecular weight is 727 g/mol. The SMILES string of the molecule is CCCC[C@@H](C)C[C@@H](C=C[C@@H]1C(SCCCCC(C)C(=O)O)=C(OC(=O)C(C)(C)C)C[C@H]1O[Si](C)(C)C(C)(C)C)O[Si](C)(C)C(C)(C)C. The number of aliphatic carboxylic acids is 1. The van der Waals surface area contributed by atoms with E-state index in [0.29, 0.717) is 18.8 Å². The van der Waals surface area contributed by atoms with Gasteiger partial charge in [-0.3, -0.25) is 9.59 Å². The number of carbonyl (C=O) groups excluding carboxylic acids is 1. The Labute approximate surface area is 302 Å². The third-order valence-electron chi connectivity index (χ3n) is 10.6. The molecule has 5 atom stereocenters. The van der Waals surface area contributed by atoms with Crippen molar-refractivity contribution in [3.05, 3.63) is 22.8 Å². The van der Waals surface area contributed by atoms with Crippen LogP contribution >= 0.6 is 11.8 Å². The summed E-state index contributed by atoms with van der Waals surface area (Å²) >= 11 is 1.75. The zero-order valence-electron chi connectivity index (χ0n) is 33.8. The first-order chi connectivity index (χ1) is 21.7. The lowest BCUT2D eigenvalue weighted by atomic mass is 9.96. The van der Waals surface area contributed by atoms with Crippen LogP contribution in [0.3, 0.4) is 0 Å². The first kappa shape index (κ1) is 45.1. The predicted octanol–water partition coefficient (Wildman–Crippen LogP) is 12.0. The summed E-state index contributed by atoms with van der Waals surface area (Å²) in [6.45, 7) is 35.0. The number of carboxylic acid groups (broad SMARTS) is 1. The van der Waals surface area contributed by atoms with Gasteiger partial charge >= 0.3 is 11.9 Å². The molecule has 0 radical (unpaired) electrons. The van der Waals surface area contributed by atoms with E-state index < -0.39 is 28.0 Å². The molecule has 280 valence electrons. The minimum Gasteiger partial charge on any atom is -0.481 e. The maximum absolute atomic E-state index is 13.3. The van der Waals surface area contributed by atoms with Crippen molar-refractivity contribution in [3.8, 4) is 0 Å². The fourth-order valence-corrected chi connectivity index (χ4v) is 8.97. The molecule has 48 heavy (non-hydrogen) atoms. The molecule has 0 aromatic heterocycles. The number of unbranched alkanes of at least 4 members (excludes halogenated alkanes) is 2. The molecule has 0 fully saturated rings. The van der Waals surface area contributed by atoms with Crippen LogP contribution in [0, 0.1) is 23.2 Å². The molecule has 9 heteroatoms. The molecular weight excluding hydrogens is 653 g/mol. The van der Waals surface area contributed by atoms with E-state index >= 15 is 0 Å². The number of carbonyl (C=O) groups is 2. The smallest absolute Gasteiger partial charge is 0.316 e. The van der Waals surface area contributed by atoms with Gasteiger partial charge in [-0.25, -0.2) is 0 Å². The topological polar surface area (TPSA) is 82.1 Å². The summed E-state index contributed by atoms with van der Waals surface area (Å²) in [5.41, 5.74) is -0.629. The van der Waals surface area contributed by atoms with Crippen molar-refractivity contribution in [2.24, 2.45) is 23.2 Å². The zero-order chi connectivity index (χ0) is 37.3. The van der Waals surface area contributed by atoms with Crippen LogP contribution in [-0.2, 0) is 23.2 Å². The summed E-state index contributed by atoms with van der Waals surface area (Å²) < 4.78 is 20.5. The minimum atomic E-state index is -2.17. The van der Waals surface area contributed by atoms with E-state index in [1.807, 2.05) is 20.8 Å². The molecule has 1 N–H and O–H groups in total. The third-order valence-corrected chi connectivity index (χ3v) is 20.9. The Hall–Kier alpha value is -0.876. The molecule has 0 saturated heterocycles. The number of esters is 1. The molecule has 0 aliphatic heterocycles. The van der Waals surface area contributed by atoms with Crippen LogP contribution in [-0.4, -0.2) is 51.6 Å². The van der Waals surface area contributed by atoms with Gasteiger partial charge in [0.15, 0.2) is 16.6 Å². The van der Waals surface area contributed by atoms with Crippen LogP contribution in [0.1, 0.15) is 134 Å². The van der Waals surface area contributed by atoms with Crippen molar-refractivity contribution in [1.82, 2.24) is 0 Å². The molecule has 1 aliphatic rings. The molecule has 1 aliphatic carbocycles. The lowest BCUT2D eigenvalue weighted by Crippen LogP contribution is -2.45. The van der Waals surface area contributed by atoms with Crippen LogP contribution in [0.4, 0.5) is 0 Å². The van der Waals surface area contributed by atoms with Crippen molar-refractivity contribution >= 4 is 40.3 Å². The fraction of sp³-hybridized carbons (Fsp3) is 0.846. The lowest BCUT2D eigenvalue weighted by molar-refractivity contribution is -0.148. The lowest BCUT2D eigenvalue weighted by Gasteiger charge is -2.40. The second kappa shape index (κ2) is 18.6. The standard InChI is InChI=1S/C39H74O6SSi2/c1-17-18-21-28(2)26-30(44-47(13,14)38(7,8)9)23-24-31-32(45-48(15,16)39(10,11)12)27-33(43-36(42)37(4,5)6)34(31)46-25-20-19-22-29(3)35(40)41/h23-24,28-32H,17-22,25-27H2,1-16H3,(H,40,41)/t28-,29?,30-,31+,32-/m1/s1. The summed E-state index contributed by atoms with van der Waals surface area (Å²) in [4.78, 5) is 25.7. The van der Waals surface area contributed by atoms with Gasteiger partial charge in [0, 0.05) is 17.2 Å². The summed E-state index contributed by atoms with van der Waals surface area (Å²) in [5.74, 6) is 0.731. The van der Waals surface area contributed by atoms with Crippen molar-refractivity contribution in [3.63, 3.8) is 0 Å². The van der Waals surface area contributed by atoms with E-state index in [4.69, 9.17) is 13.6 Å². The van der Waals surface area contributed by atoms with Gasteiger partial charge in [-0.2, -0.15) is 0 Å². The minimum absolute atomic E-state index is 0.00352. The maximum atomic E-state index is 13.3. The van der Waals surface area contributed by atoms with Crippen LogP contribution in [0.15, 0.2) is 22.8 Å². The number of carboxylic acids is 1. The predicted molar refractivity (Wildman–Crippen MR) is 210 cm³/mol. The van der Waals surface area contributed by atoms with Gasteiger partial charge in [-0.05, 0) is 88.0 Å². The fourth-order valence-electron chi connectivity index (χ4n) is 5.07. The number of hydrogen-bond donors (Lipinski definition) is 1. The highest BCUT2D eigenvalue weighted by Gasteiger charge is 2.45. The molecule has 0 heterocycles. The van der Waals surface area contributed by atoms with Crippen molar-refractivity contribution in [2.45, 2.75) is 183 Å². The Morgan fingerprint density at radius 2 is 1.50 bits per heavy atom. The molecular formula is C39H74O6SSi2. The molecule has 0 aromatic rings. The highest BCUT2D eigenvalue weighted by molar-refractivity contribution is 8.03. The van der Waals surface area contributed by atoms with Gasteiger partial charge in [0.25, 0.3) is 0 Å². The first-order valence-electron chi connectivity index (χ1n) is 18.6. The van der Waals surface area contributed by atoms with Gasteiger partial charge in [-0.1, -0.05) is 100 Å². The van der Waals surface area contributed by atoms with E-state index in [1.54, 1.807) is 18.7 Å². The number of rotatable bonds is 19. The van der Waals surface area contributed by atoms with Crippen LogP contribution in [0.25, 0.3) is 0 Å². The van der Waals surface area contributed by atoms with Crippen LogP contribution in [0.2, 0.25) is 36.3 Å². The molecule has 0 aromatic carbocycles. The monoisotopic (exact) mass is 726 g/mol. The summed E-state index contributed by atoms with van der Waals surface area (Å²) in [6.07, 6.45) is 12.0. The van der Waals surface area contributed by atoms with Gasteiger partial charge in [0.05, 0.1) is 23.5 Å². The van der Waals surface area contributed by atoms with Crippen molar-refractivity contribution in [1.29, 1.82) is 0 Å². The molecule has 1 rings (SSSR count). The van der Waals surface area contributed by atoms with Crippen molar-refractivity contribution < 1.29 is 28.3 Å². The Morgan fingerprint density at radius 3 is 2.00 bits per heavy atom. The molecule has 6 nitrogen and oxygen atoms in total. The first-order valence-corrected chi connectivity index (χ1v) is 25.4. The van der Waals surface area contributed by atoms with E-state index in [9.17, 15) is 14.7 Å². The Balaban J connectivity index is 3.63. The zero-order valence-corrected chi connectivity index (χ0v) is 36.6. The third kappa shape index (κ3) is 14.4. The van der Waals surface area contributed by atoms with E-state index in [1.165, 1.54) is 19.3 Å². The molecule has 0 saturated carbocycles. The molecule has 0 spiro atoms. The number of thioether (sulfide) groups is 1. The Morgan fingerprint density at radius 1 is 0.917 bits per heavy atom. The van der Waals surface area contributed by atoms with Crippen LogP contribution in [0.5, 0.6) is 0 Å². The van der Waals surface area contributed by atoms with Gasteiger partial charge in [-0.15, -0.1) is 11.8 Å². The van der Waals surface area contributed by atoms with Gasteiger partial charge in [0.2, 0.25) is 0 Å². The van der Waals surface area contributed by atoms with Crippen molar-refractivity contribution in [2.75, 3.05) is 5.75 Å². The summed E-state index contributed by atoms with van der Waals surface area (Å²) in [6, 6.07) is 0. The van der Waals surface area contributed by atoms with E-state index in [2.05, 4.69) is 93.7 Å². The second-order valence-electron chi connectivity index (χ2n) is 18.4. The largest absolute Gasteiger partial charge is 0.481 e. The molecule has 0 amide bonds. The quantitative estimate of drug-likeness (QED) is 0.0614. The summed E-state index contributed by atoms with van der Waals surface area (Å²) in [7, 11) is -4.21. The normalized spacial score (nSPS) is 20.3. The number of ether oxygens (including phenoxy) is 1. The second-order valence-corrected chi connectivity index (χ2v) is 29.1. The Kier molecular flexibility index (Phi) is 17.5.